The van der Waals surface area contributed by atoms with E-state index in [2.05, 4.69) is 59.6 Å². The molecule has 1 unspecified atom stereocenters. The van der Waals surface area contributed by atoms with Crippen LogP contribution in [-0.2, 0) is 0 Å². The van der Waals surface area contributed by atoms with Gasteiger partial charge in [0.2, 0.25) is 0 Å². The minimum absolute atomic E-state index is 0.702. The monoisotopic (exact) mass is 290 g/mol. The Bertz CT molecular complexity index is 373. The van der Waals surface area contributed by atoms with Crippen LogP contribution in [0, 0.1) is 0 Å². The predicted octanol–water partition coefficient (Wildman–Crippen LogP) is 6.14. The molecule has 0 aliphatic rings. The van der Waals surface area contributed by atoms with Gasteiger partial charge >= 0.3 is 0 Å². The molecule has 0 amide bonds. The van der Waals surface area contributed by atoms with Crippen molar-refractivity contribution in [2.45, 2.75) is 65.9 Å². The minimum Gasteiger partial charge on any atom is -0.386 e. The maximum Gasteiger partial charge on any atom is 0.0800 e. The first kappa shape index (κ1) is 21.9. The molecule has 1 N–H and O–H groups in total. The van der Waals surface area contributed by atoms with Crippen LogP contribution in [0.15, 0.2) is 60.8 Å². The van der Waals surface area contributed by atoms with E-state index < -0.39 is 5.60 Å². The molecule has 0 heterocycles. The Morgan fingerprint density at radius 1 is 1.00 bits per heavy atom. The van der Waals surface area contributed by atoms with Crippen molar-refractivity contribution in [2.24, 2.45) is 0 Å². The van der Waals surface area contributed by atoms with Gasteiger partial charge in [-0.2, -0.15) is 0 Å². The molecule has 0 saturated heterocycles. The lowest BCUT2D eigenvalue weighted by atomic mass is 10.00. The Kier molecular flexibility index (Phi) is 13.0. The summed E-state index contributed by atoms with van der Waals surface area (Å²) in [6, 6.07) is 0. The van der Waals surface area contributed by atoms with E-state index in [1.807, 2.05) is 6.08 Å². The van der Waals surface area contributed by atoms with Crippen molar-refractivity contribution in [3.63, 3.8) is 0 Å². The summed E-state index contributed by atoms with van der Waals surface area (Å²) in [6.07, 6.45) is 11.5. The lowest BCUT2D eigenvalue weighted by Gasteiger charge is -2.16. The smallest absolute Gasteiger partial charge is 0.0800 e. The van der Waals surface area contributed by atoms with E-state index in [4.69, 9.17) is 0 Å². The summed E-state index contributed by atoms with van der Waals surface area (Å²) < 4.78 is 0. The summed E-state index contributed by atoms with van der Waals surface area (Å²) in [5, 5.41) is 9.49. The molecule has 0 spiro atoms. The van der Waals surface area contributed by atoms with Gasteiger partial charge in [0.25, 0.3) is 0 Å². The van der Waals surface area contributed by atoms with Gasteiger partial charge in [0, 0.05) is 0 Å². The molecular formula is C20H34O. The molecule has 1 atom stereocenters. The van der Waals surface area contributed by atoms with Gasteiger partial charge in [-0.1, -0.05) is 54.2 Å². The summed E-state index contributed by atoms with van der Waals surface area (Å²) in [5.41, 5.74) is 3.09. The van der Waals surface area contributed by atoms with Crippen molar-refractivity contribution in [1.29, 1.82) is 0 Å². The van der Waals surface area contributed by atoms with E-state index in [1.165, 1.54) is 11.1 Å². The fourth-order valence-corrected chi connectivity index (χ4v) is 1.40. The highest BCUT2D eigenvalue weighted by Crippen LogP contribution is 2.13. The molecule has 120 valence electrons. The fraction of sp³-hybridized carbons (Fsp3) is 0.500. The number of rotatable bonds is 8. The molecule has 0 radical (unpaired) electrons. The van der Waals surface area contributed by atoms with Gasteiger partial charge < -0.3 is 5.11 Å². The van der Waals surface area contributed by atoms with Crippen LogP contribution in [0.1, 0.15) is 60.3 Å². The van der Waals surface area contributed by atoms with Gasteiger partial charge in [-0.3, -0.25) is 0 Å². The standard InChI is InChI=1S/C10H18O.C10H16/c1-5-10(4,11)8-6-7-9(2)3;1-5-10(4)8-6-7-9(2)3/h5,7,11H,1,6,8H2,2-4H3;5,7H,1,4,6,8H2,2-3H3. The molecular weight excluding hydrogens is 256 g/mol. The van der Waals surface area contributed by atoms with Gasteiger partial charge in [-0.15, -0.1) is 6.58 Å². The summed E-state index contributed by atoms with van der Waals surface area (Å²) in [6.45, 7) is 21.1. The molecule has 1 nitrogen and oxygen atoms in total. The van der Waals surface area contributed by atoms with Crippen molar-refractivity contribution in [1.82, 2.24) is 0 Å². The maximum atomic E-state index is 9.49. The third-order valence-corrected chi connectivity index (χ3v) is 2.95. The lowest BCUT2D eigenvalue weighted by Crippen LogP contribution is -2.19. The van der Waals surface area contributed by atoms with Crippen LogP contribution in [0.4, 0.5) is 0 Å². The van der Waals surface area contributed by atoms with Gasteiger partial charge in [0.15, 0.2) is 0 Å². The Balaban J connectivity index is 0. The van der Waals surface area contributed by atoms with Crippen LogP contribution in [-0.4, -0.2) is 10.7 Å². The zero-order chi connectivity index (χ0) is 16.9. The minimum atomic E-state index is -0.702. The topological polar surface area (TPSA) is 20.2 Å². The highest BCUT2D eigenvalue weighted by atomic mass is 16.3. The molecule has 0 aliphatic heterocycles. The zero-order valence-electron chi connectivity index (χ0n) is 14.7. The van der Waals surface area contributed by atoms with E-state index in [9.17, 15) is 5.11 Å². The second-order valence-electron chi connectivity index (χ2n) is 6.06. The van der Waals surface area contributed by atoms with Crippen LogP contribution in [0.25, 0.3) is 0 Å². The highest BCUT2D eigenvalue weighted by molar-refractivity contribution is 5.11. The second kappa shape index (κ2) is 12.4. The predicted molar refractivity (Wildman–Crippen MR) is 97.5 cm³/mol. The molecule has 0 rings (SSSR count). The summed E-state index contributed by atoms with van der Waals surface area (Å²) in [4.78, 5) is 0. The lowest BCUT2D eigenvalue weighted by molar-refractivity contribution is 0.103. The molecule has 0 bridgehead atoms. The first-order chi connectivity index (χ1) is 9.64. The number of allylic oxidation sites excluding steroid dienone is 6. The molecule has 0 aromatic carbocycles. The van der Waals surface area contributed by atoms with Gasteiger partial charge in [0.05, 0.1) is 5.60 Å². The first-order valence-corrected chi connectivity index (χ1v) is 7.57. The van der Waals surface area contributed by atoms with Crippen LogP contribution in [0.3, 0.4) is 0 Å². The molecule has 0 aliphatic carbocycles. The number of aliphatic hydroxyl groups is 1. The fourth-order valence-electron chi connectivity index (χ4n) is 1.40. The SMILES string of the molecule is C=CC(=C)CCC=C(C)C.C=CC(C)(O)CCC=C(C)C. The molecule has 1 heteroatoms. The van der Waals surface area contributed by atoms with Crippen molar-refractivity contribution in [3.05, 3.63) is 60.8 Å². The summed E-state index contributed by atoms with van der Waals surface area (Å²) in [7, 11) is 0. The second-order valence-corrected chi connectivity index (χ2v) is 6.06. The van der Waals surface area contributed by atoms with E-state index in [0.717, 1.165) is 31.3 Å². The molecule has 0 aromatic rings. The third-order valence-electron chi connectivity index (χ3n) is 2.95. The maximum absolute atomic E-state index is 9.49. The number of hydrogen-bond donors (Lipinski definition) is 1. The average molecular weight is 290 g/mol. The number of hydrogen-bond acceptors (Lipinski definition) is 1. The van der Waals surface area contributed by atoms with Crippen molar-refractivity contribution in [3.8, 4) is 0 Å². The average Bonchev–Trinajstić information content (AvgIpc) is 2.38. The van der Waals surface area contributed by atoms with Crippen molar-refractivity contribution < 1.29 is 5.11 Å². The zero-order valence-corrected chi connectivity index (χ0v) is 14.7. The Morgan fingerprint density at radius 3 is 1.86 bits per heavy atom. The highest BCUT2D eigenvalue weighted by Gasteiger charge is 2.12. The Morgan fingerprint density at radius 2 is 1.48 bits per heavy atom. The normalized spacial score (nSPS) is 12.1. The van der Waals surface area contributed by atoms with E-state index in [1.54, 1.807) is 13.0 Å². The van der Waals surface area contributed by atoms with Crippen molar-refractivity contribution >= 4 is 0 Å². The molecule has 0 saturated carbocycles. The van der Waals surface area contributed by atoms with E-state index in [-0.39, 0.29) is 0 Å². The largest absolute Gasteiger partial charge is 0.386 e. The van der Waals surface area contributed by atoms with Gasteiger partial charge in [0.1, 0.15) is 0 Å². The Labute approximate surface area is 132 Å². The summed E-state index contributed by atoms with van der Waals surface area (Å²) in [5.74, 6) is 0. The van der Waals surface area contributed by atoms with Gasteiger partial charge in [-0.05, 0) is 60.3 Å². The quantitative estimate of drug-likeness (QED) is 0.420. The van der Waals surface area contributed by atoms with Crippen LogP contribution in [0.5, 0.6) is 0 Å². The summed E-state index contributed by atoms with van der Waals surface area (Å²) >= 11 is 0. The van der Waals surface area contributed by atoms with Crippen molar-refractivity contribution in [2.75, 3.05) is 0 Å². The molecule has 0 aromatic heterocycles. The first-order valence-electron chi connectivity index (χ1n) is 7.57. The van der Waals surface area contributed by atoms with Crippen LogP contribution >= 0.6 is 0 Å². The Hall–Kier alpha value is -1.34. The third kappa shape index (κ3) is 18.7. The van der Waals surface area contributed by atoms with E-state index in [0.29, 0.717) is 0 Å². The van der Waals surface area contributed by atoms with E-state index >= 15 is 0 Å². The van der Waals surface area contributed by atoms with Crippen LogP contribution in [0.2, 0.25) is 0 Å². The molecule has 0 fully saturated rings. The van der Waals surface area contributed by atoms with Crippen LogP contribution < -0.4 is 0 Å². The van der Waals surface area contributed by atoms with Gasteiger partial charge in [-0.25, -0.2) is 0 Å². The molecule has 21 heavy (non-hydrogen) atoms.